The normalized spacial score (nSPS) is 11.4. The number of nitrogens with zero attached hydrogens (tertiary/aromatic N) is 3. The number of esters is 1. The number of hydrogen-bond acceptors (Lipinski definition) is 5. The number of nitrogens with one attached hydrogen (secondary N) is 1. The quantitative estimate of drug-likeness (QED) is 0.777. The lowest BCUT2D eigenvalue weighted by Gasteiger charge is -2.23. The minimum atomic E-state index is -0.711. The molecule has 0 aliphatic heterocycles. The molecule has 6 nitrogen and oxygen atoms in total. The average Bonchev–Trinajstić information content (AvgIpc) is 2.67. The Hall–Kier alpha value is -1.56. The highest BCUT2D eigenvalue weighted by Gasteiger charge is 2.28. The number of imidazole rings is 1. The van der Waals surface area contributed by atoms with Crippen molar-refractivity contribution in [2.45, 2.75) is 25.9 Å². The molecule has 0 bridgehead atoms. The van der Waals surface area contributed by atoms with E-state index in [0.717, 1.165) is 11.6 Å². The standard InChI is InChI=1S/C12H22N4O2/c1-12(2,10(17)18-6)14-8-9-7-13-11(15(3)4)16(9)5/h7,14H,8H2,1-6H3. The SMILES string of the molecule is COC(=O)C(C)(C)NCc1cnc(N(C)C)n1C. The maximum Gasteiger partial charge on any atom is 0.325 e. The minimum absolute atomic E-state index is 0.280. The predicted octanol–water partition coefficient (Wildman–Crippen LogP) is 0.527. The van der Waals surface area contributed by atoms with E-state index in [1.807, 2.05) is 30.6 Å². The van der Waals surface area contributed by atoms with Gasteiger partial charge in [0.25, 0.3) is 0 Å². The van der Waals surface area contributed by atoms with Gasteiger partial charge in [0.1, 0.15) is 5.54 Å². The number of carbonyl (C=O) groups excluding carboxylic acids is 1. The molecule has 18 heavy (non-hydrogen) atoms. The number of methoxy groups -OCH3 is 1. The van der Waals surface area contributed by atoms with Crippen LogP contribution < -0.4 is 10.2 Å². The third kappa shape index (κ3) is 3.01. The highest BCUT2D eigenvalue weighted by atomic mass is 16.5. The zero-order chi connectivity index (χ0) is 13.9. The molecule has 0 radical (unpaired) electrons. The lowest BCUT2D eigenvalue weighted by molar-refractivity contribution is -0.147. The van der Waals surface area contributed by atoms with Crippen molar-refractivity contribution in [2.75, 3.05) is 26.1 Å². The molecule has 102 valence electrons. The zero-order valence-electron chi connectivity index (χ0n) is 11.9. The summed E-state index contributed by atoms with van der Waals surface area (Å²) in [5, 5.41) is 3.17. The Bertz CT molecular complexity index is 424. The average molecular weight is 254 g/mol. The van der Waals surface area contributed by atoms with Crippen molar-refractivity contribution in [3.8, 4) is 0 Å². The molecular weight excluding hydrogens is 232 g/mol. The number of anilines is 1. The summed E-state index contributed by atoms with van der Waals surface area (Å²) in [6, 6.07) is 0. The number of ether oxygens (including phenoxy) is 1. The van der Waals surface area contributed by atoms with E-state index >= 15 is 0 Å². The zero-order valence-corrected chi connectivity index (χ0v) is 11.9. The molecule has 0 fully saturated rings. The van der Waals surface area contributed by atoms with Crippen LogP contribution in [0.2, 0.25) is 0 Å². The first kappa shape index (κ1) is 14.5. The van der Waals surface area contributed by atoms with Gasteiger partial charge in [0.15, 0.2) is 0 Å². The van der Waals surface area contributed by atoms with Crippen LogP contribution in [0.1, 0.15) is 19.5 Å². The molecule has 0 amide bonds. The lowest BCUT2D eigenvalue weighted by atomic mass is 10.1. The second kappa shape index (κ2) is 5.39. The highest BCUT2D eigenvalue weighted by molar-refractivity contribution is 5.79. The van der Waals surface area contributed by atoms with Crippen LogP contribution in [0.15, 0.2) is 6.20 Å². The van der Waals surface area contributed by atoms with Gasteiger partial charge in [-0.05, 0) is 13.8 Å². The molecule has 6 heteroatoms. The maximum atomic E-state index is 11.5. The van der Waals surface area contributed by atoms with Gasteiger partial charge in [-0.25, -0.2) is 4.98 Å². The van der Waals surface area contributed by atoms with E-state index in [-0.39, 0.29) is 5.97 Å². The summed E-state index contributed by atoms with van der Waals surface area (Å²) in [4.78, 5) is 17.8. The van der Waals surface area contributed by atoms with Crippen molar-refractivity contribution in [1.29, 1.82) is 0 Å². The van der Waals surface area contributed by atoms with Crippen LogP contribution in [-0.4, -0.2) is 42.3 Å². The van der Waals surface area contributed by atoms with E-state index < -0.39 is 5.54 Å². The first-order valence-electron chi connectivity index (χ1n) is 5.81. The van der Waals surface area contributed by atoms with E-state index in [0.29, 0.717) is 6.54 Å². The molecule has 0 aromatic carbocycles. The van der Waals surface area contributed by atoms with Gasteiger partial charge in [0, 0.05) is 27.7 Å². The molecule has 1 N–H and O–H groups in total. The van der Waals surface area contributed by atoms with Crippen LogP contribution >= 0.6 is 0 Å². The van der Waals surface area contributed by atoms with Crippen molar-refractivity contribution in [1.82, 2.24) is 14.9 Å². The fourth-order valence-corrected chi connectivity index (χ4v) is 1.65. The van der Waals surface area contributed by atoms with Gasteiger partial charge in [0.2, 0.25) is 5.95 Å². The largest absolute Gasteiger partial charge is 0.468 e. The summed E-state index contributed by atoms with van der Waals surface area (Å²) in [5.74, 6) is 0.597. The predicted molar refractivity (Wildman–Crippen MR) is 70.5 cm³/mol. The Morgan fingerprint density at radius 3 is 2.61 bits per heavy atom. The highest BCUT2D eigenvalue weighted by Crippen LogP contribution is 2.12. The Morgan fingerprint density at radius 2 is 2.17 bits per heavy atom. The maximum absolute atomic E-state index is 11.5. The summed E-state index contributed by atoms with van der Waals surface area (Å²) in [7, 11) is 7.22. The van der Waals surface area contributed by atoms with E-state index in [1.54, 1.807) is 20.0 Å². The number of carbonyl (C=O) groups is 1. The molecule has 0 saturated carbocycles. The summed E-state index contributed by atoms with van der Waals surface area (Å²) in [6.45, 7) is 4.14. The molecule has 0 atom stereocenters. The van der Waals surface area contributed by atoms with Crippen LogP contribution in [0.4, 0.5) is 5.95 Å². The minimum Gasteiger partial charge on any atom is -0.468 e. The fraction of sp³-hybridized carbons (Fsp3) is 0.667. The van der Waals surface area contributed by atoms with Crippen LogP contribution in [0.3, 0.4) is 0 Å². The van der Waals surface area contributed by atoms with E-state index in [9.17, 15) is 4.79 Å². The summed E-state index contributed by atoms with van der Waals surface area (Å²) >= 11 is 0. The van der Waals surface area contributed by atoms with Gasteiger partial charge >= 0.3 is 5.97 Å². The van der Waals surface area contributed by atoms with Gasteiger partial charge in [-0.15, -0.1) is 0 Å². The molecule has 0 aliphatic carbocycles. The third-order valence-corrected chi connectivity index (χ3v) is 2.87. The van der Waals surface area contributed by atoms with E-state index in [4.69, 9.17) is 4.74 Å². The molecule has 0 aliphatic rings. The first-order chi connectivity index (χ1) is 8.29. The van der Waals surface area contributed by atoms with Crippen LogP contribution in [0.25, 0.3) is 0 Å². The lowest BCUT2D eigenvalue weighted by Crippen LogP contribution is -2.47. The summed E-state index contributed by atoms with van der Waals surface area (Å²) in [5.41, 5.74) is 0.299. The Balaban J connectivity index is 2.73. The van der Waals surface area contributed by atoms with Crippen molar-refractivity contribution < 1.29 is 9.53 Å². The first-order valence-corrected chi connectivity index (χ1v) is 5.81. The monoisotopic (exact) mass is 254 g/mol. The van der Waals surface area contributed by atoms with Crippen molar-refractivity contribution in [2.24, 2.45) is 7.05 Å². The molecule has 1 rings (SSSR count). The van der Waals surface area contributed by atoms with Crippen LogP contribution in [0, 0.1) is 0 Å². The van der Waals surface area contributed by atoms with Crippen LogP contribution in [-0.2, 0) is 23.1 Å². The topological polar surface area (TPSA) is 59.4 Å². The second-order valence-corrected chi connectivity index (χ2v) is 4.97. The number of hydrogen-bond donors (Lipinski definition) is 1. The van der Waals surface area contributed by atoms with Crippen molar-refractivity contribution in [3.05, 3.63) is 11.9 Å². The van der Waals surface area contributed by atoms with E-state index in [2.05, 4.69) is 10.3 Å². The molecule has 0 spiro atoms. The Kier molecular flexibility index (Phi) is 4.34. The molecule has 1 aromatic rings. The van der Waals surface area contributed by atoms with Gasteiger partial charge in [-0.3, -0.25) is 10.1 Å². The fourth-order valence-electron chi connectivity index (χ4n) is 1.65. The number of rotatable bonds is 5. The van der Waals surface area contributed by atoms with E-state index in [1.165, 1.54) is 7.11 Å². The van der Waals surface area contributed by atoms with Gasteiger partial charge < -0.3 is 14.2 Å². The van der Waals surface area contributed by atoms with Crippen LogP contribution in [0.5, 0.6) is 0 Å². The Labute approximate surface area is 108 Å². The summed E-state index contributed by atoms with van der Waals surface area (Å²) < 4.78 is 6.73. The van der Waals surface area contributed by atoms with Gasteiger partial charge in [-0.2, -0.15) is 0 Å². The molecular formula is C12H22N4O2. The third-order valence-electron chi connectivity index (χ3n) is 2.87. The Morgan fingerprint density at radius 1 is 1.56 bits per heavy atom. The van der Waals surface area contributed by atoms with Gasteiger partial charge in [0.05, 0.1) is 19.0 Å². The van der Waals surface area contributed by atoms with Crippen molar-refractivity contribution >= 4 is 11.9 Å². The van der Waals surface area contributed by atoms with Crippen molar-refractivity contribution in [3.63, 3.8) is 0 Å². The molecule has 1 heterocycles. The summed E-state index contributed by atoms with van der Waals surface area (Å²) in [6.07, 6.45) is 1.80. The number of aromatic nitrogens is 2. The second-order valence-electron chi connectivity index (χ2n) is 4.97. The smallest absolute Gasteiger partial charge is 0.325 e. The van der Waals surface area contributed by atoms with Gasteiger partial charge in [-0.1, -0.05) is 0 Å². The molecule has 1 aromatic heterocycles. The molecule has 0 unspecified atom stereocenters. The molecule has 0 saturated heterocycles.